The third-order valence-corrected chi connectivity index (χ3v) is 2.78. The molecule has 1 aromatic carbocycles. The Kier molecular flexibility index (Phi) is 3.90. The van der Waals surface area contributed by atoms with Crippen LogP contribution < -0.4 is 0 Å². The van der Waals surface area contributed by atoms with Gasteiger partial charge in [-0.2, -0.15) is 0 Å². The summed E-state index contributed by atoms with van der Waals surface area (Å²) in [6.07, 6.45) is 2.07. The van der Waals surface area contributed by atoms with Gasteiger partial charge in [0, 0.05) is 11.6 Å². The van der Waals surface area contributed by atoms with Crippen molar-refractivity contribution in [1.82, 2.24) is 4.98 Å². The molecule has 1 N–H and O–H groups in total. The van der Waals surface area contributed by atoms with Crippen molar-refractivity contribution in [2.24, 2.45) is 5.16 Å². The zero-order valence-corrected chi connectivity index (χ0v) is 10.6. The Morgan fingerprint density at radius 2 is 2.20 bits per heavy atom. The van der Waals surface area contributed by atoms with Crippen molar-refractivity contribution in [1.29, 1.82) is 0 Å². The van der Waals surface area contributed by atoms with Crippen LogP contribution in [0.25, 0.3) is 11.3 Å². The zero-order valence-electron chi connectivity index (χ0n) is 9.83. The normalized spacial score (nSPS) is 10.9. The summed E-state index contributed by atoms with van der Waals surface area (Å²) in [6.45, 7) is 0. The number of nitro groups is 1. The van der Waals surface area contributed by atoms with Crippen molar-refractivity contribution < 1.29 is 14.5 Å². The molecular weight excluding hydrogens is 289 g/mol. The number of hydrogen-bond acceptors (Lipinski definition) is 5. The molecule has 2 aromatic rings. The molecule has 102 valence electrons. The molecule has 0 fully saturated rings. The minimum Gasteiger partial charge on any atom is -0.411 e. The number of halogens is 2. The first-order valence-corrected chi connectivity index (χ1v) is 5.68. The monoisotopic (exact) mass is 295 g/mol. The van der Waals surface area contributed by atoms with Crippen LogP contribution in [-0.4, -0.2) is 21.3 Å². The quantitative estimate of drug-likeness (QED) is 0.407. The fourth-order valence-corrected chi connectivity index (χ4v) is 1.86. The van der Waals surface area contributed by atoms with Crippen LogP contribution in [0.4, 0.5) is 10.1 Å². The number of nitrogens with zero attached hydrogens (tertiary/aromatic N) is 3. The van der Waals surface area contributed by atoms with Crippen molar-refractivity contribution in [3.63, 3.8) is 0 Å². The van der Waals surface area contributed by atoms with Crippen LogP contribution in [0.3, 0.4) is 0 Å². The van der Waals surface area contributed by atoms with E-state index in [4.69, 9.17) is 16.8 Å². The number of hydrogen-bond donors (Lipinski definition) is 1. The standard InChI is InChI=1S/C12H7ClFN3O3/c13-10-4-8(17(19)20)6-15-12(10)9-2-1-7(5-16-18)3-11(9)14/h1-6,18H/b16-5+. The van der Waals surface area contributed by atoms with E-state index in [-0.39, 0.29) is 22.0 Å². The molecule has 0 bridgehead atoms. The molecule has 0 aliphatic rings. The fraction of sp³-hybridized carbons (Fsp3) is 0. The Labute approximate surface area is 117 Å². The molecule has 0 atom stereocenters. The Morgan fingerprint density at radius 1 is 1.45 bits per heavy atom. The van der Waals surface area contributed by atoms with Gasteiger partial charge in [0.2, 0.25) is 0 Å². The third-order valence-electron chi connectivity index (χ3n) is 2.49. The predicted molar refractivity (Wildman–Crippen MR) is 70.7 cm³/mol. The summed E-state index contributed by atoms with van der Waals surface area (Å²) in [5.41, 5.74) is 0.275. The number of oxime groups is 1. The molecule has 0 unspecified atom stereocenters. The van der Waals surface area contributed by atoms with Gasteiger partial charge in [-0.3, -0.25) is 10.1 Å². The number of benzene rings is 1. The summed E-state index contributed by atoms with van der Waals surface area (Å²) in [6, 6.07) is 5.13. The van der Waals surface area contributed by atoms with Gasteiger partial charge in [-0.1, -0.05) is 22.8 Å². The Morgan fingerprint density at radius 3 is 2.75 bits per heavy atom. The van der Waals surface area contributed by atoms with Gasteiger partial charge in [-0.05, 0) is 17.7 Å². The van der Waals surface area contributed by atoms with Gasteiger partial charge in [0.15, 0.2) is 0 Å². The first kappa shape index (κ1) is 13.9. The second kappa shape index (κ2) is 5.62. The van der Waals surface area contributed by atoms with Crippen LogP contribution in [0.1, 0.15) is 5.56 Å². The summed E-state index contributed by atoms with van der Waals surface area (Å²) in [7, 11) is 0. The smallest absolute Gasteiger partial charge is 0.289 e. The van der Waals surface area contributed by atoms with E-state index < -0.39 is 10.7 Å². The van der Waals surface area contributed by atoms with Gasteiger partial charge in [0.05, 0.1) is 21.9 Å². The van der Waals surface area contributed by atoms with Crippen molar-refractivity contribution >= 4 is 23.5 Å². The second-order valence-corrected chi connectivity index (χ2v) is 4.17. The summed E-state index contributed by atoms with van der Waals surface area (Å²) in [5, 5.41) is 21.7. The van der Waals surface area contributed by atoms with Gasteiger partial charge < -0.3 is 5.21 Å². The molecule has 0 spiro atoms. The Balaban J connectivity index is 2.49. The Bertz CT molecular complexity index is 706. The van der Waals surface area contributed by atoms with E-state index in [1.807, 2.05) is 0 Å². The van der Waals surface area contributed by atoms with Gasteiger partial charge in [0.25, 0.3) is 5.69 Å². The number of aromatic nitrogens is 1. The lowest BCUT2D eigenvalue weighted by Crippen LogP contribution is -1.94. The van der Waals surface area contributed by atoms with Crippen LogP contribution in [0.5, 0.6) is 0 Å². The summed E-state index contributed by atoms with van der Waals surface area (Å²) in [5.74, 6) is -0.634. The van der Waals surface area contributed by atoms with E-state index in [1.165, 1.54) is 12.1 Å². The van der Waals surface area contributed by atoms with Crippen LogP contribution >= 0.6 is 11.6 Å². The summed E-state index contributed by atoms with van der Waals surface area (Å²) >= 11 is 5.88. The summed E-state index contributed by atoms with van der Waals surface area (Å²) < 4.78 is 13.9. The molecule has 0 aliphatic carbocycles. The van der Waals surface area contributed by atoms with Crippen molar-refractivity contribution in [3.05, 3.63) is 57.0 Å². The molecule has 0 aliphatic heterocycles. The largest absolute Gasteiger partial charge is 0.411 e. The highest BCUT2D eigenvalue weighted by atomic mass is 35.5. The molecule has 2 rings (SSSR count). The van der Waals surface area contributed by atoms with Gasteiger partial charge in [-0.25, -0.2) is 9.37 Å². The fourth-order valence-electron chi connectivity index (χ4n) is 1.60. The first-order chi connectivity index (χ1) is 9.52. The lowest BCUT2D eigenvalue weighted by atomic mass is 10.1. The maximum absolute atomic E-state index is 13.9. The molecule has 6 nitrogen and oxygen atoms in total. The lowest BCUT2D eigenvalue weighted by molar-refractivity contribution is -0.385. The average molecular weight is 296 g/mol. The van der Waals surface area contributed by atoms with Crippen molar-refractivity contribution in [2.75, 3.05) is 0 Å². The van der Waals surface area contributed by atoms with Crippen molar-refractivity contribution in [3.8, 4) is 11.3 Å². The highest BCUT2D eigenvalue weighted by molar-refractivity contribution is 6.33. The molecule has 0 amide bonds. The SMILES string of the molecule is O=[N+]([O-])c1cnc(-c2ccc(/C=N/O)cc2F)c(Cl)c1. The third kappa shape index (κ3) is 2.72. The molecule has 0 saturated carbocycles. The van der Waals surface area contributed by atoms with E-state index in [9.17, 15) is 14.5 Å². The molecule has 1 heterocycles. The van der Waals surface area contributed by atoms with E-state index >= 15 is 0 Å². The molecule has 20 heavy (non-hydrogen) atoms. The number of pyridine rings is 1. The van der Waals surface area contributed by atoms with E-state index in [2.05, 4.69) is 10.1 Å². The molecule has 8 heteroatoms. The highest BCUT2D eigenvalue weighted by Gasteiger charge is 2.15. The molecular formula is C12H7ClFN3O3. The first-order valence-electron chi connectivity index (χ1n) is 5.30. The predicted octanol–water partition coefficient (Wildman–Crippen LogP) is 3.26. The van der Waals surface area contributed by atoms with Gasteiger partial charge in [-0.15, -0.1) is 0 Å². The van der Waals surface area contributed by atoms with Crippen LogP contribution in [0.15, 0.2) is 35.6 Å². The maximum Gasteiger partial charge on any atom is 0.289 e. The highest BCUT2D eigenvalue weighted by Crippen LogP contribution is 2.30. The maximum atomic E-state index is 13.9. The van der Waals surface area contributed by atoms with Crippen LogP contribution in [-0.2, 0) is 0 Å². The van der Waals surface area contributed by atoms with E-state index in [0.717, 1.165) is 24.5 Å². The lowest BCUT2D eigenvalue weighted by Gasteiger charge is -2.05. The molecule has 0 radical (unpaired) electrons. The van der Waals surface area contributed by atoms with E-state index in [1.54, 1.807) is 0 Å². The van der Waals surface area contributed by atoms with Crippen LogP contribution in [0.2, 0.25) is 5.02 Å². The second-order valence-electron chi connectivity index (χ2n) is 3.76. The minimum absolute atomic E-state index is 0.0262. The average Bonchev–Trinajstić information content (AvgIpc) is 2.40. The van der Waals surface area contributed by atoms with Crippen LogP contribution in [0, 0.1) is 15.9 Å². The van der Waals surface area contributed by atoms with Crippen molar-refractivity contribution in [2.45, 2.75) is 0 Å². The van der Waals surface area contributed by atoms with Gasteiger partial charge >= 0.3 is 0 Å². The molecule has 0 saturated heterocycles. The zero-order chi connectivity index (χ0) is 14.7. The number of rotatable bonds is 3. The molecule has 1 aromatic heterocycles. The Hall–Kier alpha value is -2.54. The summed E-state index contributed by atoms with van der Waals surface area (Å²) in [4.78, 5) is 13.7. The minimum atomic E-state index is -0.639. The topological polar surface area (TPSA) is 88.6 Å². The van der Waals surface area contributed by atoms with Gasteiger partial charge in [0.1, 0.15) is 12.0 Å². The van der Waals surface area contributed by atoms with E-state index in [0.29, 0.717) is 5.56 Å².